The van der Waals surface area contributed by atoms with Crippen molar-refractivity contribution in [2.75, 3.05) is 13.2 Å². The van der Waals surface area contributed by atoms with E-state index in [4.69, 9.17) is 13.9 Å². The maximum Gasteiger partial charge on any atom is 0.375 e. The molecule has 24 heavy (non-hydrogen) atoms. The zero-order chi connectivity index (χ0) is 17.7. The Morgan fingerprint density at radius 2 is 2.04 bits per heavy atom. The standard InChI is InChI=1S/C18H23NO5/c1-5-9-19-17(20)12(4)23-18(21)16-11(3)14-10-13(22-6-2)7-8-15(14)24-16/h7-8,10,12H,5-6,9H2,1-4H3,(H,19,20)/t12-/m0/s1. The molecule has 1 amide bonds. The van der Waals surface area contributed by atoms with Crippen molar-refractivity contribution in [2.45, 2.75) is 40.2 Å². The fourth-order valence-corrected chi connectivity index (χ4v) is 2.31. The van der Waals surface area contributed by atoms with Gasteiger partial charge in [-0.05, 0) is 45.4 Å². The van der Waals surface area contributed by atoms with Crippen LogP contribution in [0.1, 0.15) is 43.3 Å². The first kappa shape index (κ1) is 17.8. The van der Waals surface area contributed by atoms with Crippen molar-refractivity contribution < 1.29 is 23.5 Å². The van der Waals surface area contributed by atoms with Crippen LogP contribution in [-0.2, 0) is 9.53 Å². The van der Waals surface area contributed by atoms with Crippen LogP contribution in [0.4, 0.5) is 0 Å². The Labute approximate surface area is 141 Å². The fraction of sp³-hybridized carbons (Fsp3) is 0.444. The van der Waals surface area contributed by atoms with Crippen LogP contribution in [-0.4, -0.2) is 31.1 Å². The number of furan rings is 1. The summed E-state index contributed by atoms with van der Waals surface area (Å²) in [5.41, 5.74) is 1.24. The monoisotopic (exact) mass is 333 g/mol. The van der Waals surface area contributed by atoms with Gasteiger partial charge in [-0.15, -0.1) is 0 Å². The second-order valence-electron chi connectivity index (χ2n) is 5.49. The third kappa shape index (κ3) is 3.88. The number of rotatable bonds is 7. The molecule has 0 bridgehead atoms. The average Bonchev–Trinajstić information content (AvgIpc) is 2.89. The van der Waals surface area contributed by atoms with Crippen LogP contribution in [0, 0.1) is 6.92 Å². The van der Waals surface area contributed by atoms with E-state index in [1.165, 1.54) is 6.92 Å². The van der Waals surface area contributed by atoms with Gasteiger partial charge in [-0.1, -0.05) is 6.92 Å². The lowest BCUT2D eigenvalue weighted by atomic mass is 10.1. The zero-order valence-corrected chi connectivity index (χ0v) is 14.5. The summed E-state index contributed by atoms with van der Waals surface area (Å²) in [4.78, 5) is 24.1. The van der Waals surface area contributed by atoms with Crippen molar-refractivity contribution in [1.29, 1.82) is 0 Å². The van der Waals surface area contributed by atoms with Crippen LogP contribution in [0.5, 0.6) is 5.75 Å². The van der Waals surface area contributed by atoms with Crippen LogP contribution in [0.25, 0.3) is 11.0 Å². The first-order valence-corrected chi connectivity index (χ1v) is 8.12. The van der Waals surface area contributed by atoms with Crippen molar-refractivity contribution in [1.82, 2.24) is 5.32 Å². The van der Waals surface area contributed by atoms with Gasteiger partial charge in [0.25, 0.3) is 5.91 Å². The van der Waals surface area contributed by atoms with Crippen LogP contribution in [0.3, 0.4) is 0 Å². The predicted molar refractivity (Wildman–Crippen MR) is 90.3 cm³/mol. The molecular formula is C18H23NO5. The van der Waals surface area contributed by atoms with Crippen LogP contribution >= 0.6 is 0 Å². The summed E-state index contributed by atoms with van der Waals surface area (Å²) >= 11 is 0. The predicted octanol–water partition coefficient (Wildman–Crippen LogP) is 3.21. The van der Waals surface area contributed by atoms with Crippen molar-refractivity contribution in [3.05, 3.63) is 29.5 Å². The van der Waals surface area contributed by atoms with Crippen LogP contribution in [0.15, 0.2) is 22.6 Å². The number of fused-ring (bicyclic) bond motifs is 1. The fourth-order valence-electron chi connectivity index (χ4n) is 2.31. The Morgan fingerprint density at radius 3 is 2.71 bits per heavy atom. The molecule has 130 valence electrons. The topological polar surface area (TPSA) is 77.8 Å². The number of amides is 1. The van der Waals surface area contributed by atoms with Crippen molar-refractivity contribution in [3.8, 4) is 5.75 Å². The molecule has 0 radical (unpaired) electrons. The number of aryl methyl sites for hydroxylation is 1. The first-order valence-electron chi connectivity index (χ1n) is 8.12. The van der Waals surface area contributed by atoms with Gasteiger partial charge in [0.1, 0.15) is 11.3 Å². The molecule has 0 saturated heterocycles. The SMILES string of the molecule is CCCNC(=O)[C@H](C)OC(=O)c1oc2ccc(OCC)cc2c1C. The Balaban J connectivity index is 2.17. The largest absolute Gasteiger partial charge is 0.494 e. The number of ether oxygens (including phenoxy) is 2. The molecule has 2 rings (SSSR count). The number of nitrogens with one attached hydrogen (secondary N) is 1. The minimum atomic E-state index is -0.879. The molecular weight excluding hydrogens is 310 g/mol. The Kier molecular flexibility index (Phi) is 5.84. The average molecular weight is 333 g/mol. The summed E-state index contributed by atoms with van der Waals surface area (Å²) in [6.45, 7) is 8.27. The summed E-state index contributed by atoms with van der Waals surface area (Å²) in [7, 11) is 0. The third-order valence-corrected chi connectivity index (χ3v) is 3.61. The quantitative estimate of drug-likeness (QED) is 0.787. The highest BCUT2D eigenvalue weighted by molar-refractivity contribution is 5.97. The molecule has 0 unspecified atom stereocenters. The minimum Gasteiger partial charge on any atom is -0.494 e. The van der Waals surface area contributed by atoms with Crippen molar-refractivity contribution >= 4 is 22.8 Å². The maximum absolute atomic E-state index is 12.3. The van der Waals surface area contributed by atoms with Gasteiger partial charge in [-0.3, -0.25) is 4.79 Å². The molecule has 0 spiro atoms. The van der Waals surface area contributed by atoms with E-state index in [1.807, 2.05) is 19.9 Å². The molecule has 6 nitrogen and oxygen atoms in total. The normalized spacial score (nSPS) is 12.0. The molecule has 1 heterocycles. The minimum absolute atomic E-state index is 0.105. The number of carbonyl (C=O) groups excluding carboxylic acids is 2. The Hall–Kier alpha value is -2.50. The van der Waals surface area contributed by atoms with Gasteiger partial charge in [0, 0.05) is 17.5 Å². The third-order valence-electron chi connectivity index (χ3n) is 3.61. The van der Waals surface area contributed by atoms with Gasteiger partial charge < -0.3 is 19.2 Å². The lowest BCUT2D eigenvalue weighted by Gasteiger charge is -2.12. The molecule has 1 N–H and O–H groups in total. The second kappa shape index (κ2) is 7.86. The lowest BCUT2D eigenvalue weighted by Crippen LogP contribution is -2.36. The van der Waals surface area contributed by atoms with E-state index in [1.54, 1.807) is 19.1 Å². The van der Waals surface area contributed by atoms with Gasteiger partial charge in [0.05, 0.1) is 6.61 Å². The van der Waals surface area contributed by atoms with E-state index in [-0.39, 0.29) is 11.7 Å². The van der Waals surface area contributed by atoms with Crippen molar-refractivity contribution in [3.63, 3.8) is 0 Å². The molecule has 2 aromatic rings. The summed E-state index contributed by atoms with van der Waals surface area (Å²) in [5.74, 6) is -0.159. The molecule has 0 aliphatic carbocycles. The molecule has 0 aliphatic heterocycles. The number of hydrogen-bond acceptors (Lipinski definition) is 5. The van der Waals surface area contributed by atoms with E-state index < -0.39 is 12.1 Å². The number of esters is 1. The molecule has 1 atom stereocenters. The highest BCUT2D eigenvalue weighted by Crippen LogP contribution is 2.29. The number of hydrogen-bond donors (Lipinski definition) is 1. The molecule has 0 fully saturated rings. The van der Waals surface area contributed by atoms with Gasteiger partial charge in [-0.25, -0.2) is 4.79 Å². The highest BCUT2D eigenvalue weighted by atomic mass is 16.6. The van der Waals surface area contributed by atoms with E-state index in [2.05, 4.69) is 5.32 Å². The molecule has 0 aliphatic rings. The number of carbonyl (C=O) groups is 2. The summed E-state index contributed by atoms with van der Waals surface area (Å²) < 4.78 is 16.3. The summed E-state index contributed by atoms with van der Waals surface area (Å²) in [6.07, 6.45) is -0.0623. The highest BCUT2D eigenvalue weighted by Gasteiger charge is 2.24. The smallest absolute Gasteiger partial charge is 0.375 e. The summed E-state index contributed by atoms with van der Waals surface area (Å²) in [6, 6.07) is 5.36. The molecule has 6 heteroatoms. The lowest BCUT2D eigenvalue weighted by molar-refractivity contribution is -0.129. The maximum atomic E-state index is 12.3. The first-order chi connectivity index (χ1) is 11.5. The van der Waals surface area contributed by atoms with Crippen molar-refractivity contribution in [2.24, 2.45) is 0 Å². The zero-order valence-electron chi connectivity index (χ0n) is 14.5. The Bertz CT molecular complexity index is 734. The Morgan fingerprint density at radius 1 is 1.29 bits per heavy atom. The summed E-state index contributed by atoms with van der Waals surface area (Å²) in [5, 5.41) is 3.48. The molecule has 1 aromatic heterocycles. The van der Waals surface area contributed by atoms with E-state index in [0.717, 1.165) is 11.8 Å². The second-order valence-corrected chi connectivity index (χ2v) is 5.49. The number of benzene rings is 1. The van der Waals surface area contributed by atoms with E-state index >= 15 is 0 Å². The molecule has 0 saturated carbocycles. The van der Waals surface area contributed by atoms with Gasteiger partial charge in [0.15, 0.2) is 6.10 Å². The van der Waals surface area contributed by atoms with E-state index in [9.17, 15) is 9.59 Å². The van der Waals surface area contributed by atoms with Crippen LogP contribution < -0.4 is 10.1 Å². The van der Waals surface area contributed by atoms with Gasteiger partial charge in [-0.2, -0.15) is 0 Å². The molecule has 1 aromatic carbocycles. The van der Waals surface area contributed by atoms with Gasteiger partial charge in [0.2, 0.25) is 5.76 Å². The van der Waals surface area contributed by atoms with Crippen LogP contribution in [0.2, 0.25) is 0 Å². The van der Waals surface area contributed by atoms with E-state index in [0.29, 0.717) is 30.0 Å². The van der Waals surface area contributed by atoms with Gasteiger partial charge >= 0.3 is 5.97 Å².